The van der Waals surface area contributed by atoms with Gasteiger partial charge in [-0.3, -0.25) is 14.4 Å². The summed E-state index contributed by atoms with van der Waals surface area (Å²) in [5.74, 6) is -1.53. The van der Waals surface area contributed by atoms with E-state index >= 15 is 0 Å². The van der Waals surface area contributed by atoms with Crippen LogP contribution in [0.3, 0.4) is 0 Å². The molecule has 0 radical (unpaired) electrons. The number of likely N-dealkylation sites (N-methyl/N-ethyl adjacent to an activating group) is 1. The first-order valence-electron chi connectivity index (χ1n) is 9.79. The number of ketones is 1. The molecule has 2 N–H and O–H groups in total. The molecule has 0 unspecified atom stereocenters. The highest BCUT2D eigenvalue weighted by Gasteiger charge is 2.20. The van der Waals surface area contributed by atoms with Gasteiger partial charge in [-0.2, -0.15) is 0 Å². The van der Waals surface area contributed by atoms with Crippen LogP contribution in [0.5, 0.6) is 0 Å². The van der Waals surface area contributed by atoms with Crippen molar-refractivity contribution in [2.45, 2.75) is 6.04 Å². The monoisotopic (exact) mass is 419 g/mol. The standard InChI is InChI=1S/C23H25N5O3/c1-27(2)19(16-8-5-4-6-9-16)15-25-22(30)23(31)26-18-11-7-10-17(14-18)20(29)21-24-12-13-28(21)3/h4-14,19H,15H2,1-3H3,(H,25,30)(H,26,31)/t19-/m0/s1. The molecule has 0 fully saturated rings. The van der Waals surface area contributed by atoms with Crippen molar-refractivity contribution in [3.05, 3.63) is 83.9 Å². The molecule has 0 aliphatic carbocycles. The first kappa shape index (κ1) is 21.9. The highest BCUT2D eigenvalue weighted by molar-refractivity contribution is 6.39. The summed E-state index contributed by atoms with van der Waals surface area (Å²) in [5, 5.41) is 5.22. The number of hydrogen-bond donors (Lipinski definition) is 2. The van der Waals surface area contributed by atoms with E-state index in [1.165, 1.54) is 6.07 Å². The van der Waals surface area contributed by atoms with E-state index in [0.29, 0.717) is 11.3 Å². The number of nitrogens with one attached hydrogen (secondary N) is 2. The Morgan fingerprint density at radius 3 is 2.42 bits per heavy atom. The number of imidazole rings is 1. The summed E-state index contributed by atoms with van der Waals surface area (Å²) < 4.78 is 1.62. The van der Waals surface area contributed by atoms with Crippen molar-refractivity contribution in [2.24, 2.45) is 7.05 Å². The lowest BCUT2D eigenvalue weighted by atomic mass is 10.1. The third-order valence-electron chi connectivity index (χ3n) is 4.88. The molecule has 0 spiro atoms. The largest absolute Gasteiger partial charge is 0.346 e. The molecule has 1 atom stereocenters. The highest BCUT2D eigenvalue weighted by atomic mass is 16.2. The minimum Gasteiger partial charge on any atom is -0.346 e. The van der Waals surface area contributed by atoms with Crippen molar-refractivity contribution in [1.82, 2.24) is 19.8 Å². The molecule has 160 valence electrons. The topological polar surface area (TPSA) is 96.3 Å². The van der Waals surface area contributed by atoms with E-state index in [4.69, 9.17) is 0 Å². The third-order valence-corrected chi connectivity index (χ3v) is 4.88. The van der Waals surface area contributed by atoms with Crippen molar-refractivity contribution in [2.75, 3.05) is 26.0 Å². The van der Waals surface area contributed by atoms with Crippen LogP contribution in [-0.4, -0.2) is 52.7 Å². The first-order chi connectivity index (χ1) is 14.9. The second-order valence-corrected chi connectivity index (χ2v) is 7.33. The zero-order valence-electron chi connectivity index (χ0n) is 17.7. The van der Waals surface area contributed by atoms with Crippen molar-refractivity contribution in [3.63, 3.8) is 0 Å². The number of aromatic nitrogens is 2. The van der Waals surface area contributed by atoms with Gasteiger partial charge in [0, 0.05) is 37.2 Å². The van der Waals surface area contributed by atoms with Crippen molar-refractivity contribution >= 4 is 23.3 Å². The van der Waals surface area contributed by atoms with E-state index in [1.807, 2.05) is 49.3 Å². The second-order valence-electron chi connectivity index (χ2n) is 7.33. The molecule has 31 heavy (non-hydrogen) atoms. The molecular formula is C23H25N5O3. The molecule has 0 aliphatic rings. The van der Waals surface area contributed by atoms with Crippen LogP contribution in [0, 0.1) is 0 Å². The number of carbonyl (C=O) groups is 3. The van der Waals surface area contributed by atoms with Crippen LogP contribution >= 0.6 is 0 Å². The fourth-order valence-electron chi connectivity index (χ4n) is 3.18. The number of amides is 2. The van der Waals surface area contributed by atoms with E-state index in [9.17, 15) is 14.4 Å². The summed E-state index contributed by atoms with van der Waals surface area (Å²) in [6, 6.07) is 16.1. The second kappa shape index (κ2) is 9.82. The Morgan fingerprint density at radius 2 is 1.77 bits per heavy atom. The van der Waals surface area contributed by atoms with Crippen LogP contribution in [0.15, 0.2) is 67.0 Å². The van der Waals surface area contributed by atoms with Crippen LogP contribution in [-0.2, 0) is 16.6 Å². The quantitative estimate of drug-likeness (QED) is 0.451. The van der Waals surface area contributed by atoms with Gasteiger partial charge in [0.15, 0.2) is 5.82 Å². The summed E-state index contributed by atoms with van der Waals surface area (Å²) >= 11 is 0. The van der Waals surface area contributed by atoms with Crippen LogP contribution in [0.1, 0.15) is 27.8 Å². The molecule has 8 nitrogen and oxygen atoms in total. The van der Waals surface area contributed by atoms with Gasteiger partial charge in [-0.1, -0.05) is 42.5 Å². The van der Waals surface area contributed by atoms with E-state index in [2.05, 4.69) is 15.6 Å². The Hall–Kier alpha value is -3.78. The highest BCUT2D eigenvalue weighted by Crippen LogP contribution is 2.17. The lowest BCUT2D eigenvalue weighted by Gasteiger charge is -2.25. The summed E-state index contributed by atoms with van der Waals surface area (Å²) in [6.07, 6.45) is 3.22. The number of hydrogen-bond acceptors (Lipinski definition) is 5. The van der Waals surface area contributed by atoms with Crippen molar-refractivity contribution < 1.29 is 14.4 Å². The maximum absolute atomic E-state index is 12.6. The molecule has 3 rings (SSSR count). The summed E-state index contributed by atoms with van der Waals surface area (Å²) in [6.45, 7) is 0.279. The van der Waals surface area contributed by atoms with E-state index in [1.54, 1.807) is 42.2 Å². The zero-order valence-corrected chi connectivity index (χ0v) is 17.7. The average Bonchev–Trinajstić information content (AvgIpc) is 3.19. The summed E-state index contributed by atoms with van der Waals surface area (Å²) in [4.78, 5) is 43.3. The van der Waals surface area contributed by atoms with Crippen molar-refractivity contribution in [1.29, 1.82) is 0 Å². The average molecular weight is 419 g/mol. The van der Waals surface area contributed by atoms with Crippen LogP contribution in [0.4, 0.5) is 5.69 Å². The Morgan fingerprint density at radius 1 is 1.03 bits per heavy atom. The Kier molecular flexibility index (Phi) is 6.94. The lowest BCUT2D eigenvalue weighted by molar-refractivity contribution is -0.136. The molecule has 1 heterocycles. The lowest BCUT2D eigenvalue weighted by Crippen LogP contribution is -2.40. The smallest absolute Gasteiger partial charge is 0.313 e. The van der Waals surface area contributed by atoms with E-state index in [0.717, 1.165) is 5.56 Å². The molecule has 3 aromatic rings. The molecular weight excluding hydrogens is 394 g/mol. The van der Waals surface area contributed by atoms with Crippen molar-refractivity contribution in [3.8, 4) is 0 Å². The van der Waals surface area contributed by atoms with Crippen LogP contribution in [0.2, 0.25) is 0 Å². The predicted molar refractivity (Wildman–Crippen MR) is 118 cm³/mol. The van der Waals surface area contributed by atoms with E-state index < -0.39 is 11.8 Å². The molecule has 1 aromatic heterocycles. The fraction of sp³-hybridized carbons (Fsp3) is 0.217. The van der Waals surface area contributed by atoms with Gasteiger partial charge in [0.25, 0.3) is 0 Å². The summed E-state index contributed by atoms with van der Waals surface area (Å²) in [7, 11) is 5.55. The van der Waals surface area contributed by atoms with Gasteiger partial charge in [0.2, 0.25) is 5.78 Å². The van der Waals surface area contributed by atoms with Gasteiger partial charge in [0.05, 0.1) is 6.04 Å². The van der Waals surface area contributed by atoms with Gasteiger partial charge in [-0.25, -0.2) is 4.98 Å². The SMILES string of the molecule is CN(C)[C@@H](CNC(=O)C(=O)Nc1cccc(C(=O)c2nccn2C)c1)c1ccccc1. The van der Waals surface area contributed by atoms with Gasteiger partial charge in [-0.15, -0.1) is 0 Å². The maximum atomic E-state index is 12.6. The predicted octanol–water partition coefficient (Wildman–Crippen LogP) is 2.01. The molecule has 2 aromatic carbocycles. The molecule has 0 saturated heterocycles. The first-order valence-corrected chi connectivity index (χ1v) is 9.79. The third kappa shape index (κ3) is 5.43. The van der Waals surface area contributed by atoms with Gasteiger partial charge in [0.1, 0.15) is 0 Å². The molecule has 0 aliphatic heterocycles. The van der Waals surface area contributed by atoms with Crippen LogP contribution < -0.4 is 10.6 Å². The summed E-state index contributed by atoms with van der Waals surface area (Å²) in [5.41, 5.74) is 1.75. The van der Waals surface area contributed by atoms with Crippen LogP contribution in [0.25, 0.3) is 0 Å². The Balaban J connectivity index is 1.63. The molecule has 2 amide bonds. The number of carbonyl (C=O) groups excluding carboxylic acids is 3. The molecule has 0 bridgehead atoms. The minimum atomic E-state index is -0.799. The van der Waals surface area contributed by atoms with Gasteiger partial charge < -0.3 is 20.1 Å². The maximum Gasteiger partial charge on any atom is 0.313 e. The number of nitrogens with zero attached hydrogens (tertiary/aromatic N) is 3. The van der Waals surface area contributed by atoms with Gasteiger partial charge >= 0.3 is 11.8 Å². The number of anilines is 1. The number of benzene rings is 2. The van der Waals surface area contributed by atoms with Gasteiger partial charge in [-0.05, 0) is 31.8 Å². The minimum absolute atomic E-state index is 0.0725. The Labute approximate surface area is 180 Å². The fourth-order valence-corrected chi connectivity index (χ4v) is 3.18. The molecule has 8 heteroatoms. The van der Waals surface area contributed by atoms with E-state index in [-0.39, 0.29) is 24.2 Å². The number of aryl methyl sites for hydroxylation is 1. The molecule has 0 saturated carbocycles. The number of rotatable bonds is 7. The normalized spacial score (nSPS) is 11.7. The Bertz CT molecular complexity index is 1080. The zero-order chi connectivity index (χ0) is 22.4.